The van der Waals surface area contributed by atoms with Crippen molar-refractivity contribution in [2.24, 2.45) is 0 Å². The summed E-state index contributed by atoms with van der Waals surface area (Å²) in [5.41, 5.74) is 5.83. The third-order valence-electron chi connectivity index (χ3n) is 5.33. The number of nitrogens with zero attached hydrogens (tertiary/aromatic N) is 4. The van der Waals surface area contributed by atoms with E-state index in [0.29, 0.717) is 36.0 Å². The van der Waals surface area contributed by atoms with Gasteiger partial charge in [-0.3, -0.25) is 0 Å². The highest BCUT2D eigenvalue weighted by molar-refractivity contribution is 5.90. The first-order valence-corrected chi connectivity index (χ1v) is 11.1. The number of aromatic nitrogens is 4. The molecule has 6 heteroatoms. The van der Waals surface area contributed by atoms with Crippen LogP contribution in [-0.4, -0.2) is 26.5 Å². The molecular weight excluding hydrogens is 420 g/mol. The van der Waals surface area contributed by atoms with Crippen molar-refractivity contribution in [2.75, 3.05) is 17.2 Å². The van der Waals surface area contributed by atoms with E-state index < -0.39 is 0 Å². The highest BCUT2D eigenvalue weighted by Crippen LogP contribution is 2.32. The van der Waals surface area contributed by atoms with Crippen molar-refractivity contribution in [2.45, 2.75) is 6.54 Å². The first-order chi connectivity index (χ1) is 16.8. The van der Waals surface area contributed by atoms with E-state index in [9.17, 15) is 0 Å². The van der Waals surface area contributed by atoms with Gasteiger partial charge >= 0.3 is 0 Å². The molecule has 0 aliphatic heterocycles. The minimum Gasteiger partial charge on any atom is -0.364 e. The Morgan fingerprint density at radius 3 is 1.85 bits per heavy atom. The van der Waals surface area contributed by atoms with Crippen LogP contribution in [0, 0.1) is 0 Å². The van der Waals surface area contributed by atoms with Crippen molar-refractivity contribution in [3.63, 3.8) is 0 Å². The first kappa shape index (κ1) is 21.3. The van der Waals surface area contributed by atoms with Crippen molar-refractivity contribution in [3.05, 3.63) is 109 Å². The fourth-order valence-electron chi connectivity index (χ4n) is 3.69. The van der Waals surface area contributed by atoms with Crippen LogP contribution in [0.1, 0.15) is 5.56 Å². The van der Waals surface area contributed by atoms with Crippen LogP contribution < -0.4 is 10.6 Å². The molecular formula is C28H24N6. The van der Waals surface area contributed by atoms with Gasteiger partial charge < -0.3 is 10.6 Å². The van der Waals surface area contributed by atoms with E-state index in [1.54, 1.807) is 6.08 Å². The van der Waals surface area contributed by atoms with Crippen LogP contribution in [0.3, 0.4) is 0 Å². The summed E-state index contributed by atoms with van der Waals surface area (Å²) in [6.45, 7) is 4.93. The van der Waals surface area contributed by atoms with Gasteiger partial charge in [0, 0.05) is 24.2 Å². The highest BCUT2D eigenvalue weighted by Gasteiger charge is 2.17. The van der Waals surface area contributed by atoms with E-state index in [4.69, 9.17) is 15.0 Å². The number of hydrogen-bond acceptors (Lipinski definition) is 6. The van der Waals surface area contributed by atoms with Crippen LogP contribution in [0.4, 0.5) is 11.8 Å². The Labute approximate surface area is 198 Å². The predicted molar refractivity (Wildman–Crippen MR) is 138 cm³/mol. The zero-order valence-electron chi connectivity index (χ0n) is 18.6. The van der Waals surface area contributed by atoms with Crippen molar-refractivity contribution in [3.8, 4) is 22.5 Å². The molecule has 0 fully saturated rings. The molecule has 2 aromatic heterocycles. The quantitative estimate of drug-likeness (QED) is 0.288. The van der Waals surface area contributed by atoms with E-state index in [0.717, 1.165) is 28.1 Å². The molecule has 2 N–H and O–H groups in total. The minimum atomic E-state index is 0.476. The van der Waals surface area contributed by atoms with Crippen LogP contribution in [-0.2, 0) is 6.54 Å². The molecule has 0 spiro atoms. The van der Waals surface area contributed by atoms with Crippen molar-refractivity contribution in [1.82, 2.24) is 19.9 Å². The Morgan fingerprint density at radius 2 is 1.24 bits per heavy atom. The molecule has 0 radical (unpaired) electrons. The van der Waals surface area contributed by atoms with Gasteiger partial charge in [0.1, 0.15) is 0 Å². The molecule has 3 aromatic carbocycles. The zero-order valence-corrected chi connectivity index (χ0v) is 18.6. The van der Waals surface area contributed by atoms with Gasteiger partial charge in [0.2, 0.25) is 5.95 Å². The van der Waals surface area contributed by atoms with Gasteiger partial charge in [0.15, 0.2) is 17.0 Å². The van der Waals surface area contributed by atoms with Crippen LogP contribution in [0.25, 0.3) is 33.7 Å². The van der Waals surface area contributed by atoms with E-state index >= 15 is 0 Å². The van der Waals surface area contributed by atoms with E-state index in [1.807, 2.05) is 78.9 Å². The summed E-state index contributed by atoms with van der Waals surface area (Å²) in [4.78, 5) is 19.4. The normalized spacial score (nSPS) is 10.7. The number of anilines is 2. The van der Waals surface area contributed by atoms with Gasteiger partial charge in [-0.2, -0.15) is 9.97 Å². The highest BCUT2D eigenvalue weighted by atomic mass is 15.2. The fraction of sp³-hybridized carbons (Fsp3) is 0.0714. The fourth-order valence-corrected chi connectivity index (χ4v) is 3.69. The molecule has 34 heavy (non-hydrogen) atoms. The lowest BCUT2D eigenvalue weighted by molar-refractivity contribution is 1.07. The van der Waals surface area contributed by atoms with Crippen LogP contribution in [0.2, 0.25) is 0 Å². The molecule has 5 aromatic rings. The van der Waals surface area contributed by atoms with Crippen LogP contribution in [0.5, 0.6) is 0 Å². The number of nitrogens with one attached hydrogen (secondary N) is 2. The first-order valence-electron chi connectivity index (χ1n) is 11.1. The monoisotopic (exact) mass is 444 g/mol. The second-order valence-corrected chi connectivity index (χ2v) is 7.73. The summed E-state index contributed by atoms with van der Waals surface area (Å²) in [6.07, 6.45) is 1.77. The molecule has 0 atom stereocenters. The predicted octanol–water partition coefficient (Wildman–Crippen LogP) is 5.96. The molecule has 0 saturated carbocycles. The maximum absolute atomic E-state index is 5.06. The number of rotatable bonds is 8. The molecule has 166 valence electrons. The van der Waals surface area contributed by atoms with E-state index in [2.05, 4.69) is 34.3 Å². The molecule has 0 saturated heterocycles. The summed E-state index contributed by atoms with van der Waals surface area (Å²) in [5.74, 6) is 1.11. The van der Waals surface area contributed by atoms with Gasteiger partial charge in [-0.25, -0.2) is 9.97 Å². The minimum absolute atomic E-state index is 0.476. The molecule has 0 bridgehead atoms. The maximum atomic E-state index is 5.06. The van der Waals surface area contributed by atoms with Crippen molar-refractivity contribution >= 4 is 22.9 Å². The van der Waals surface area contributed by atoms with Crippen molar-refractivity contribution in [1.29, 1.82) is 0 Å². The largest absolute Gasteiger partial charge is 0.364 e. The van der Waals surface area contributed by atoms with Gasteiger partial charge in [-0.15, -0.1) is 6.58 Å². The molecule has 0 amide bonds. The topological polar surface area (TPSA) is 75.6 Å². The van der Waals surface area contributed by atoms with E-state index in [1.165, 1.54) is 0 Å². The summed E-state index contributed by atoms with van der Waals surface area (Å²) in [6, 6.07) is 30.3. The lowest BCUT2D eigenvalue weighted by Gasteiger charge is -2.14. The Bertz CT molecular complexity index is 1400. The molecule has 6 nitrogen and oxygen atoms in total. The summed E-state index contributed by atoms with van der Waals surface area (Å²) in [5, 5.41) is 6.62. The Morgan fingerprint density at radius 1 is 0.647 bits per heavy atom. The average molecular weight is 445 g/mol. The summed E-state index contributed by atoms with van der Waals surface area (Å²) < 4.78 is 0. The maximum Gasteiger partial charge on any atom is 0.227 e. The number of fused-ring (bicyclic) bond motifs is 1. The van der Waals surface area contributed by atoms with Crippen molar-refractivity contribution < 1.29 is 0 Å². The Balaban J connectivity index is 1.68. The Kier molecular flexibility index (Phi) is 6.21. The Hall–Kier alpha value is -4.58. The molecule has 0 aliphatic carbocycles. The third kappa shape index (κ3) is 4.61. The lowest BCUT2D eigenvalue weighted by Crippen LogP contribution is -2.10. The van der Waals surface area contributed by atoms with Gasteiger partial charge in [-0.1, -0.05) is 97.1 Å². The molecule has 2 heterocycles. The number of benzene rings is 3. The standard InChI is InChI=1S/C28H24N6/c1-2-18-29-28-33-26(30-19-20-12-6-3-7-13-20)25-27(34-28)32-24(22-16-10-5-11-17-22)23(31-25)21-14-8-4-9-15-21/h2-17H,1,18-19H2,(H2,29,30,32,33,34). The molecule has 5 rings (SSSR count). The van der Waals surface area contributed by atoms with Crippen LogP contribution >= 0.6 is 0 Å². The smallest absolute Gasteiger partial charge is 0.227 e. The summed E-state index contributed by atoms with van der Waals surface area (Å²) >= 11 is 0. The second-order valence-electron chi connectivity index (χ2n) is 7.73. The van der Waals surface area contributed by atoms with Gasteiger partial charge in [0.05, 0.1) is 11.4 Å². The number of hydrogen-bond donors (Lipinski definition) is 2. The molecule has 0 aliphatic rings. The van der Waals surface area contributed by atoms with Gasteiger partial charge in [0.25, 0.3) is 0 Å². The third-order valence-corrected chi connectivity index (χ3v) is 5.33. The lowest BCUT2D eigenvalue weighted by atomic mass is 10.0. The average Bonchev–Trinajstić information content (AvgIpc) is 2.91. The van der Waals surface area contributed by atoms with E-state index in [-0.39, 0.29) is 0 Å². The summed E-state index contributed by atoms with van der Waals surface area (Å²) in [7, 11) is 0. The second kappa shape index (κ2) is 9.92. The molecule has 0 unspecified atom stereocenters. The SMILES string of the molecule is C=CCNc1nc(NCc2ccccc2)c2nc(-c3ccccc3)c(-c3ccccc3)nc2n1. The van der Waals surface area contributed by atoms with Gasteiger partial charge in [-0.05, 0) is 5.56 Å². The zero-order chi connectivity index (χ0) is 23.2. The van der Waals surface area contributed by atoms with Crippen LogP contribution in [0.15, 0.2) is 104 Å².